The molecule has 2 heterocycles. The molecule has 32 heavy (non-hydrogen) atoms. The number of amides is 1. The summed E-state index contributed by atoms with van der Waals surface area (Å²) in [6, 6.07) is 3.89. The fourth-order valence-electron chi connectivity index (χ4n) is 6.61. The highest BCUT2D eigenvalue weighted by molar-refractivity contribution is 5.81. The molecule has 0 aromatic rings. The van der Waals surface area contributed by atoms with Gasteiger partial charge in [0, 0.05) is 24.2 Å². The van der Waals surface area contributed by atoms with Crippen molar-refractivity contribution in [1.82, 2.24) is 20.4 Å². The van der Waals surface area contributed by atoms with Gasteiger partial charge in [-0.05, 0) is 45.4 Å². The van der Waals surface area contributed by atoms with Crippen LogP contribution < -0.4 is 10.6 Å². The summed E-state index contributed by atoms with van der Waals surface area (Å²) in [5.41, 5.74) is 0. The van der Waals surface area contributed by atoms with Gasteiger partial charge in [0.2, 0.25) is 0 Å². The summed E-state index contributed by atoms with van der Waals surface area (Å²) >= 11 is 0. The van der Waals surface area contributed by atoms with Gasteiger partial charge in [-0.25, -0.2) is 0 Å². The van der Waals surface area contributed by atoms with E-state index in [0.717, 1.165) is 25.7 Å². The third kappa shape index (κ3) is 4.66. The fourth-order valence-corrected chi connectivity index (χ4v) is 6.61. The molecule has 2 saturated carbocycles. The van der Waals surface area contributed by atoms with Crippen LogP contribution in [-0.4, -0.2) is 71.3 Å². The van der Waals surface area contributed by atoms with Crippen molar-refractivity contribution in [3.05, 3.63) is 0 Å². The molecule has 8 nitrogen and oxygen atoms in total. The Labute approximate surface area is 192 Å². The second-order valence-corrected chi connectivity index (χ2v) is 10.3. The Morgan fingerprint density at radius 3 is 2.50 bits per heavy atom. The van der Waals surface area contributed by atoms with Crippen molar-refractivity contribution in [3.8, 4) is 6.07 Å². The van der Waals surface area contributed by atoms with Gasteiger partial charge in [-0.1, -0.05) is 32.6 Å². The molecule has 4 rings (SSSR count). The molecule has 2 aliphatic heterocycles. The average Bonchev–Trinajstić information content (AvgIpc) is 3.46. The third-order valence-corrected chi connectivity index (χ3v) is 8.45. The number of ether oxygens (including phenoxy) is 1. The van der Waals surface area contributed by atoms with Crippen LogP contribution in [0.15, 0.2) is 0 Å². The van der Waals surface area contributed by atoms with Crippen LogP contribution in [0.4, 0.5) is 0 Å². The monoisotopic (exact) mass is 445 g/mol. The van der Waals surface area contributed by atoms with E-state index in [1.54, 1.807) is 0 Å². The van der Waals surface area contributed by atoms with Crippen LogP contribution in [0, 0.1) is 23.2 Å². The molecule has 7 unspecified atom stereocenters. The lowest BCUT2D eigenvalue weighted by atomic mass is 9.91. The molecule has 2 saturated heterocycles. The molecule has 2 aliphatic carbocycles. The summed E-state index contributed by atoms with van der Waals surface area (Å²) in [4.78, 5) is 29.8. The van der Waals surface area contributed by atoms with Crippen molar-refractivity contribution < 1.29 is 14.3 Å². The van der Waals surface area contributed by atoms with E-state index in [1.807, 2.05) is 0 Å². The Bertz CT molecular complexity index is 734. The van der Waals surface area contributed by atoms with Gasteiger partial charge in [-0.15, -0.1) is 0 Å². The highest BCUT2D eigenvalue weighted by Crippen LogP contribution is 2.39. The van der Waals surface area contributed by atoms with Gasteiger partial charge in [0.1, 0.15) is 0 Å². The van der Waals surface area contributed by atoms with E-state index < -0.39 is 0 Å². The molecule has 0 spiro atoms. The molecule has 0 bridgehead atoms. The van der Waals surface area contributed by atoms with Crippen molar-refractivity contribution in [2.24, 2.45) is 11.8 Å². The average molecular weight is 446 g/mol. The molecule has 1 amide bonds. The molecule has 7 atom stereocenters. The quantitative estimate of drug-likeness (QED) is 0.603. The summed E-state index contributed by atoms with van der Waals surface area (Å²) in [6.45, 7) is 6.24. The van der Waals surface area contributed by atoms with Gasteiger partial charge in [-0.3, -0.25) is 24.7 Å². The summed E-state index contributed by atoms with van der Waals surface area (Å²) in [5.74, 6) is -0.764. The molecule has 0 aromatic heterocycles. The van der Waals surface area contributed by atoms with Crippen LogP contribution in [0.1, 0.15) is 72.1 Å². The van der Waals surface area contributed by atoms with Gasteiger partial charge in [0.25, 0.3) is 5.91 Å². The normalized spacial score (nSPS) is 38.4. The topological polar surface area (TPSA) is 97.7 Å². The van der Waals surface area contributed by atoms with Gasteiger partial charge >= 0.3 is 5.97 Å². The molecule has 4 aliphatic rings. The lowest BCUT2D eigenvalue weighted by molar-refractivity contribution is -0.151. The second-order valence-electron chi connectivity index (χ2n) is 10.3. The van der Waals surface area contributed by atoms with Crippen molar-refractivity contribution in [3.63, 3.8) is 0 Å². The van der Waals surface area contributed by atoms with E-state index in [1.165, 1.54) is 25.7 Å². The highest BCUT2D eigenvalue weighted by Gasteiger charge is 2.48. The van der Waals surface area contributed by atoms with Gasteiger partial charge < -0.3 is 10.1 Å². The van der Waals surface area contributed by atoms with E-state index in [-0.39, 0.29) is 55.2 Å². The van der Waals surface area contributed by atoms with Crippen LogP contribution in [0.2, 0.25) is 0 Å². The smallest absolute Gasteiger partial charge is 0.320 e. The number of hydrogen-bond donors (Lipinski definition) is 2. The Morgan fingerprint density at radius 1 is 1.09 bits per heavy atom. The van der Waals surface area contributed by atoms with Crippen LogP contribution >= 0.6 is 0 Å². The van der Waals surface area contributed by atoms with Crippen LogP contribution in [0.25, 0.3) is 0 Å². The summed E-state index contributed by atoms with van der Waals surface area (Å²) in [5, 5.41) is 16.4. The number of likely N-dealkylation sites (tertiary alicyclic amines) is 1. The van der Waals surface area contributed by atoms with Crippen molar-refractivity contribution in [1.29, 1.82) is 5.26 Å². The maximum atomic E-state index is 12.7. The molecule has 2 N–H and O–H groups in total. The van der Waals surface area contributed by atoms with E-state index in [9.17, 15) is 14.9 Å². The molecule has 0 radical (unpaired) electrons. The third-order valence-electron chi connectivity index (χ3n) is 8.45. The Kier molecular flexibility index (Phi) is 7.38. The Morgan fingerprint density at radius 2 is 1.78 bits per heavy atom. The zero-order chi connectivity index (χ0) is 22.8. The number of carbonyl (C=O) groups excluding carboxylic acids is 2. The number of fused-ring (bicyclic) bond motifs is 1. The van der Waals surface area contributed by atoms with Gasteiger partial charge in [0.15, 0.2) is 6.61 Å². The molecular weight excluding hydrogens is 406 g/mol. The maximum Gasteiger partial charge on any atom is 0.320 e. The van der Waals surface area contributed by atoms with Crippen molar-refractivity contribution in [2.75, 3.05) is 13.2 Å². The zero-order valence-corrected chi connectivity index (χ0v) is 19.8. The first-order valence-corrected chi connectivity index (χ1v) is 12.5. The number of esters is 1. The number of nitrogens with one attached hydrogen (secondary N) is 2. The standard InChI is InChI=1S/C24H39N5O3/c1-15-16(2)29(18-8-4-5-9-18)24(19(15)12-25)27-22(30)14-32-23(31)13-28-17(3)26-20-10-6-7-11-21(20)28/h15-21,24,26H,4-11,13-14H2,1-3H3,(H,27,30). The molecular formula is C24H39N5O3. The first-order valence-electron chi connectivity index (χ1n) is 12.5. The first-order chi connectivity index (χ1) is 15.4. The predicted molar refractivity (Wildman–Crippen MR) is 120 cm³/mol. The van der Waals surface area contributed by atoms with Crippen LogP contribution in [-0.2, 0) is 14.3 Å². The molecule has 178 valence electrons. The molecule has 4 fully saturated rings. The molecule has 0 aromatic carbocycles. The number of hydrogen-bond acceptors (Lipinski definition) is 7. The predicted octanol–water partition coefficient (Wildman–Crippen LogP) is 1.96. The van der Waals surface area contributed by atoms with E-state index in [0.29, 0.717) is 18.1 Å². The number of nitriles is 1. The van der Waals surface area contributed by atoms with E-state index in [4.69, 9.17) is 4.74 Å². The zero-order valence-electron chi connectivity index (χ0n) is 19.8. The first kappa shape index (κ1) is 23.5. The number of rotatable bonds is 6. The minimum Gasteiger partial charge on any atom is -0.455 e. The lowest BCUT2D eigenvalue weighted by Crippen LogP contribution is -2.53. The highest BCUT2D eigenvalue weighted by atomic mass is 16.5. The summed E-state index contributed by atoms with van der Waals surface area (Å²) in [6.07, 6.45) is 9.12. The van der Waals surface area contributed by atoms with Gasteiger partial charge in [-0.2, -0.15) is 5.26 Å². The van der Waals surface area contributed by atoms with Gasteiger partial charge in [0.05, 0.1) is 30.9 Å². The van der Waals surface area contributed by atoms with E-state index in [2.05, 4.69) is 47.3 Å². The SMILES string of the molecule is CC1C(C#N)C(NC(=O)COC(=O)CN2C(C)NC3CCCCC32)N(C2CCCC2)C1C. The Balaban J connectivity index is 1.30. The van der Waals surface area contributed by atoms with Crippen molar-refractivity contribution >= 4 is 11.9 Å². The molecule has 8 heteroatoms. The maximum absolute atomic E-state index is 12.7. The fraction of sp³-hybridized carbons (Fsp3) is 0.875. The minimum absolute atomic E-state index is 0.141. The van der Waals surface area contributed by atoms with Crippen molar-refractivity contribution in [2.45, 2.75) is 109 Å². The number of carbonyl (C=O) groups is 2. The summed E-state index contributed by atoms with van der Waals surface area (Å²) in [7, 11) is 0. The Hall–Kier alpha value is -1.69. The largest absolute Gasteiger partial charge is 0.455 e. The number of nitrogens with zero attached hydrogens (tertiary/aromatic N) is 3. The van der Waals surface area contributed by atoms with Crippen LogP contribution in [0.3, 0.4) is 0 Å². The minimum atomic E-state index is -0.363. The van der Waals surface area contributed by atoms with Crippen LogP contribution in [0.5, 0.6) is 0 Å². The second kappa shape index (κ2) is 10.1. The lowest BCUT2D eigenvalue weighted by Gasteiger charge is -2.35. The summed E-state index contributed by atoms with van der Waals surface area (Å²) < 4.78 is 5.37. The van der Waals surface area contributed by atoms with E-state index >= 15 is 0 Å².